The Balaban J connectivity index is 1.83. The molecule has 0 bridgehead atoms. The fraction of sp³-hybridized carbons (Fsp3) is 0.435. The second-order valence-corrected chi connectivity index (χ2v) is 7.93. The van der Waals surface area contributed by atoms with Crippen LogP contribution in [0.4, 0.5) is 0 Å². The molecule has 1 N–H and O–H groups in total. The van der Waals surface area contributed by atoms with Crippen molar-refractivity contribution >= 4 is 11.8 Å². The molecule has 0 spiro atoms. The Morgan fingerprint density at radius 2 is 2.00 bits per heavy atom. The minimum atomic E-state index is -0.536. The lowest BCUT2D eigenvalue weighted by atomic mass is 9.83. The van der Waals surface area contributed by atoms with Crippen LogP contribution in [0.15, 0.2) is 48.7 Å². The van der Waals surface area contributed by atoms with Crippen molar-refractivity contribution in [2.24, 2.45) is 0 Å². The van der Waals surface area contributed by atoms with E-state index < -0.39 is 5.54 Å². The van der Waals surface area contributed by atoms with Gasteiger partial charge in [-0.1, -0.05) is 24.3 Å². The van der Waals surface area contributed by atoms with Crippen molar-refractivity contribution in [2.45, 2.75) is 51.1 Å². The predicted molar refractivity (Wildman–Crippen MR) is 112 cm³/mol. The van der Waals surface area contributed by atoms with Gasteiger partial charge in [0.05, 0.1) is 19.1 Å². The van der Waals surface area contributed by atoms with E-state index in [-0.39, 0.29) is 24.3 Å². The molecule has 1 fully saturated rings. The van der Waals surface area contributed by atoms with Gasteiger partial charge in [-0.25, -0.2) is 0 Å². The maximum absolute atomic E-state index is 13.0. The number of benzene rings is 1. The number of hydrogen-bond donors (Lipinski definition) is 1. The van der Waals surface area contributed by atoms with Crippen LogP contribution in [-0.2, 0) is 22.4 Å². The second-order valence-electron chi connectivity index (χ2n) is 7.93. The van der Waals surface area contributed by atoms with Crippen LogP contribution in [0.5, 0.6) is 5.75 Å². The van der Waals surface area contributed by atoms with E-state index in [1.54, 1.807) is 13.3 Å². The lowest BCUT2D eigenvalue weighted by molar-refractivity contribution is -0.140. The number of rotatable bonds is 7. The number of amides is 2. The molecule has 154 valence electrons. The molecule has 1 aliphatic heterocycles. The molecule has 1 aromatic heterocycles. The first kappa shape index (κ1) is 20.8. The van der Waals surface area contributed by atoms with Crippen molar-refractivity contribution in [3.8, 4) is 5.75 Å². The van der Waals surface area contributed by atoms with Crippen LogP contribution in [-0.4, -0.2) is 46.9 Å². The average molecular weight is 396 g/mol. The number of hydrogen-bond acceptors (Lipinski definition) is 4. The van der Waals surface area contributed by atoms with Crippen LogP contribution in [0.3, 0.4) is 0 Å². The summed E-state index contributed by atoms with van der Waals surface area (Å²) >= 11 is 0. The third-order valence-electron chi connectivity index (χ3n) is 5.43. The number of carbonyl (C=O) groups is 2. The molecule has 3 rings (SSSR count). The molecule has 1 atom stereocenters. The number of para-hydroxylation sites is 1. The van der Waals surface area contributed by atoms with Crippen molar-refractivity contribution in [3.05, 3.63) is 59.9 Å². The van der Waals surface area contributed by atoms with Crippen LogP contribution in [0.1, 0.15) is 37.9 Å². The Morgan fingerprint density at radius 1 is 1.24 bits per heavy atom. The van der Waals surface area contributed by atoms with Crippen molar-refractivity contribution in [1.29, 1.82) is 0 Å². The highest BCUT2D eigenvalue weighted by atomic mass is 16.5. The molecule has 29 heavy (non-hydrogen) atoms. The van der Waals surface area contributed by atoms with E-state index in [2.05, 4.69) is 10.3 Å². The third kappa shape index (κ3) is 5.13. The quantitative estimate of drug-likeness (QED) is 0.783. The largest absolute Gasteiger partial charge is 0.496 e. The first-order chi connectivity index (χ1) is 13.9. The highest BCUT2D eigenvalue weighted by Gasteiger charge is 2.41. The van der Waals surface area contributed by atoms with E-state index in [4.69, 9.17) is 4.74 Å². The van der Waals surface area contributed by atoms with Gasteiger partial charge in [0.1, 0.15) is 5.75 Å². The zero-order valence-corrected chi connectivity index (χ0v) is 17.4. The van der Waals surface area contributed by atoms with Gasteiger partial charge in [-0.2, -0.15) is 0 Å². The molecule has 2 amide bonds. The van der Waals surface area contributed by atoms with Crippen molar-refractivity contribution in [2.75, 3.05) is 13.7 Å². The van der Waals surface area contributed by atoms with E-state index in [1.165, 1.54) is 0 Å². The highest BCUT2D eigenvalue weighted by molar-refractivity contribution is 5.82. The van der Waals surface area contributed by atoms with Crippen molar-refractivity contribution < 1.29 is 14.3 Å². The zero-order valence-electron chi connectivity index (χ0n) is 17.4. The van der Waals surface area contributed by atoms with Gasteiger partial charge in [0, 0.05) is 42.9 Å². The van der Waals surface area contributed by atoms with Gasteiger partial charge < -0.3 is 15.0 Å². The molecule has 1 aromatic carbocycles. The number of methoxy groups -OCH3 is 1. The second kappa shape index (κ2) is 9.07. The summed E-state index contributed by atoms with van der Waals surface area (Å²) in [7, 11) is 1.60. The van der Waals surface area contributed by atoms with Gasteiger partial charge in [-0.3, -0.25) is 14.6 Å². The summed E-state index contributed by atoms with van der Waals surface area (Å²) in [5, 5.41) is 3.26. The normalized spacial score (nSPS) is 19.3. The van der Waals surface area contributed by atoms with E-state index in [0.717, 1.165) is 11.3 Å². The first-order valence-electron chi connectivity index (χ1n) is 10.0. The average Bonchev–Trinajstić information content (AvgIpc) is 2.71. The topological polar surface area (TPSA) is 71.5 Å². The molecule has 0 saturated carbocycles. The molecule has 6 heteroatoms. The molecule has 0 radical (unpaired) electrons. The van der Waals surface area contributed by atoms with Gasteiger partial charge in [0.2, 0.25) is 11.8 Å². The molecule has 6 nitrogen and oxygen atoms in total. The Morgan fingerprint density at radius 3 is 2.69 bits per heavy atom. The Hall–Kier alpha value is -2.89. The highest BCUT2D eigenvalue weighted by Crippen LogP contribution is 2.28. The summed E-state index contributed by atoms with van der Waals surface area (Å²) in [5.74, 6) is 0.753. The molecule has 1 unspecified atom stereocenters. The summed E-state index contributed by atoms with van der Waals surface area (Å²) in [6, 6.07) is 13.4. The fourth-order valence-electron chi connectivity index (χ4n) is 3.96. The van der Waals surface area contributed by atoms with Crippen molar-refractivity contribution in [1.82, 2.24) is 15.2 Å². The Kier molecular flexibility index (Phi) is 6.52. The predicted octanol–water partition coefficient (Wildman–Crippen LogP) is 2.76. The molecular weight excluding hydrogens is 366 g/mol. The monoisotopic (exact) mass is 395 g/mol. The van der Waals surface area contributed by atoms with Gasteiger partial charge in [0.15, 0.2) is 0 Å². The van der Waals surface area contributed by atoms with Crippen LogP contribution in [0, 0.1) is 0 Å². The smallest absolute Gasteiger partial charge is 0.225 e. The van der Waals surface area contributed by atoms with E-state index in [0.29, 0.717) is 31.6 Å². The minimum absolute atomic E-state index is 0.0801. The maximum Gasteiger partial charge on any atom is 0.225 e. The van der Waals surface area contributed by atoms with Crippen LogP contribution in [0.25, 0.3) is 0 Å². The number of carbonyl (C=O) groups excluding carboxylic acids is 2. The number of nitrogens with one attached hydrogen (secondary N) is 1. The number of piperidine rings is 1. The van der Waals surface area contributed by atoms with E-state index >= 15 is 0 Å². The van der Waals surface area contributed by atoms with Crippen LogP contribution < -0.4 is 10.1 Å². The lowest BCUT2D eigenvalue weighted by Gasteiger charge is -2.44. The fourth-order valence-corrected chi connectivity index (χ4v) is 3.96. The van der Waals surface area contributed by atoms with E-state index in [1.807, 2.05) is 61.2 Å². The molecule has 1 saturated heterocycles. The van der Waals surface area contributed by atoms with Gasteiger partial charge in [-0.05, 0) is 38.5 Å². The number of pyridine rings is 1. The number of aromatic nitrogens is 1. The standard InChI is InChI=1S/C23H29N3O3/c1-17(2)26-16-23(12-11-22(26)28,15-19-9-6-7-13-24-19)25-21(27)14-18-8-4-5-10-20(18)29-3/h4-10,13,17H,11-12,14-16H2,1-3H3,(H,25,27). The van der Waals surface area contributed by atoms with Gasteiger partial charge in [-0.15, -0.1) is 0 Å². The Bertz CT molecular complexity index is 853. The minimum Gasteiger partial charge on any atom is -0.496 e. The number of likely N-dealkylation sites (tertiary alicyclic amines) is 1. The summed E-state index contributed by atoms with van der Waals surface area (Å²) < 4.78 is 5.38. The van der Waals surface area contributed by atoms with Crippen LogP contribution in [0.2, 0.25) is 0 Å². The first-order valence-corrected chi connectivity index (χ1v) is 10.0. The van der Waals surface area contributed by atoms with Crippen molar-refractivity contribution in [3.63, 3.8) is 0 Å². The maximum atomic E-state index is 13.0. The molecule has 2 aromatic rings. The Labute approximate surface area is 172 Å². The van der Waals surface area contributed by atoms with Crippen LogP contribution >= 0.6 is 0 Å². The van der Waals surface area contributed by atoms with E-state index in [9.17, 15) is 9.59 Å². The summed E-state index contributed by atoms with van der Waals surface area (Å²) in [4.78, 5) is 31.7. The molecule has 1 aliphatic rings. The summed E-state index contributed by atoms with van der Waals surface area (Å²) in [5.41, 5.74) is 1.21. The molecular formula is C23H29N3O3. The lowest BCUT2D eigenvalue weighted by Crippen LogP contribution is -2.62. The zero-order chi connectivity index (χ0) is 20.9. The molecule has 0 aliphatic carbocycles. The SMILES string of the molecule is COc1ccccc1CC(=O)NC1(Cc2ccccn2)CCC(=O)N(C(C)C)C1. The molecule has 2 heterocycles. The number of nitrogens with zero attached hydrogens (tertiary/aromatic N) is 2. The third-order valence-corrected chi connectivity index (χ3v) is 5.43. The summed E-state index contributed by atoms with van der Waals surface area (Å²) in [6.07, 6.45) is 3.59. The summed E-state index contributed by atoms with van der Waals surface area (Å²) in [6.45, 7) is 4.49. The van der Waals surface area contributed by atoms with Gasteiger partial charge in [0.25, 0.3) is 0 Å². The number of ether oxygens (including phenoxy) is 1. The van der Waals surface area contributed by atoms with Gasteiger partial charge >= 0.3 is 0 Å².